The quantitative estimate of drug-likeness (QED) is 0.393. The average molecular weight is 119 g/mol. The number of hydrogen-bond donors (Lipinski definition) is 0. The van der Waals surface area contributed by atoms with Crippen LogP contribution in [-0.2, 0) is 4.74 Å². The molecular formula is C5H13NO2. The summed E-state index contributed by atoms with van der Waals surface area (Å²) in [5, 5.41) is 10.7. The van der Waals surface area contributed by atoms with E-state index in [0.717, 1.165) is 0 Å². The molecule has 0 radical (unpaired) electrons. The standard InChI is InChI=1S/C5H13NO2/c1-6(2,7)4-5-8-3/h4-5H2,1-3H3. The first kappa shape index (κ1) is 7.88. The van der Waals surface area contributed by atoms with E-state index in [2.05, 4.69) is 0 Å². The number of rotatable bonds is 3. The van der Waals surface area contributed by atoms with Crippen LogP contribution < -0.4 is 0 Å². The topological polar surface area (TPSA) is 32.3 Å². The van der Waals surface area contributed by atoms with Crippen molar-refractivity contribution in [2.24, 2.45) is 0 Å². The molecule has 8 heavy (non-hydrogen) atoms. The number of hydrogen-bond acceptors (Lipinski definition) is 2. The lowest BCUT2D eigenvalue weighted by Gasteiger charge is -2.33. The van der Waals surface area contributed by atoms with Crippen LogP contribution in [0.1, 0.15) is 0 Å². The Kier molecular flexibility index (Phi) is 2.97. The van der Waals surface area contributed by atoms with Crippen molar-refractivity contribution in [2.75, 3.05) is 34.4 Å². The summed E-state index contributed by atoms with van der Waals surface area (Å²) in [4.78, 5) is 0. The second kappa shape index (κ2) is 3.02. The molecular weight excluding hydrogens is 106 g/mol. The fourth-order valence-corrected chi connectivity index (χ4v) is 0.311. The summed E-state index contributed by atoms with van der Waals surface area (Å²) in [5.41, 5.74) is 0. The maximum absolute atomic E-state index is 10.7. The normalized spacial score (nSPS) is 12.0. The molecule has 0 heterocycles. The Morgan fingerprint density at radius 3 is 2.12 bits per heavy atom. The van der Waals surface area contributed by atoms with E-state index in [1.807, 2.05) is 0 Å². The van der Waals surface area contributed by atoms with Crippen LogP contribution in [0.15, 0.2) is 0 Å². The zero-order valence-corrected chi connectivity index (χ0v) is 5.68. The predicted octanol–water partition coefficient (Wildman–Crippen LogP) is 0.207. The summed E-state index contributed by atoms with van der Waals surface area (Å²) < 4.78 is 4.43. The first-order chi connectivity index (χ1) is 3.56. The lowest BCUT2D eigenvalue weighted by atomic mass is 10.6. The summed E-state index contributed by atoms with van der Waals surface area (Å²) in [7, 11) is 4.79. The molecule has 0 atom stereocenters. The largest absolute Gasteiger partial charge is 0.633 e. The van der Waals surface area contributed by atoms with Crippen LogP contribution >= 0.6 is 0 Å². The van der Waals surface area contributed by atoms with Gasteiger partial charge in [-0.3, -0.25) is 0 Å². The second-order valence-electron chi connectivity index (χ2n) is 2.29. The Hall–Kier alpha value is -0.120. The van der Waals surface area contributed by atoms with Gasteiger partial charge < -0.3 is 14.6 Å². The molecule has 0 fully saturated rings. The van der Waals surface area contributed by atoms with Crippen LogP contribution in [-0.4, -0.2) is 39.0 Å². The predicted molar refractivity (Wildman–Crippen MR) is 32.2 cm³/mol. The van der Waals surface area contributed by atoms with Crippen molar-refractivity contribution in [1.82, 2.24) is 0 Å². The van der Waals surface area contributed by atoms with Gasteiger partial charge in [0.2, 0.25) is 0 Å². The molecule has 50 valence electrons. The molecule has 0 unspecified atom stereocenters. The van der Waals surface area contributed by atoms with Crippen LogP contribution in [0, 0.1) is 5.21 Å². The zero-order valence-electron chi connectivity index (χ0n) is 5.68. The first-order valence-electron chi connectivity index (χ1n) is 2.59. The molecule has 0 spiro atoms. The van der Waals surface area contributed by atoms with Gasteiger partial charge in [0.25, 0.3) is 0 Å². The summed E-state index contributed by atoms with van der Waals surface area (Å²) >= 11 is 0. The Bertz CT molecular complexity index is 57.9. The van der Waals surface area contributed by atoms with Crippen molar-refractivity contribution in [1.29, 1.82) is 0 Å². The van der Waals surface area contributed by atoms with Crippen molar-refractivity contribution < 1.29 is 9.38 Å². The molecule has 3 heteroatoms. The van der Waals surface area contributed by atoms with E-state index >= 15 is 0 Å². The Morgan fingerprint density at radius 1 is 1.50 bits per heavy atom. The lowest BCUT2D eigenvalue weighted by molar-refractivity contribution is -0.840. The molecule has 3 nitrogen and oxygen atoms in total. The second-order valence-corrected chi connectivity index (χ2v) is 2.29. The third-order valence-corrected chi connectivity index (χ3v) is 0.834. The number of quaternary nitrogens is 1. The molecule has 0 bridgehead atoms. The monoisotopic (exact) mass is 119 g/mol. The van der Waals surface area contributed by atoms with Crippen molar-refractivity contribution >= 4 is 0 Å². The molecule has 0 aromatic heterocycles. The minimum atomic E-state index is -0.270. The SMILES string of the molecule is COCC[N+](C)(C)[O-]. The molecule has 0 aliphatic heterocycles. The first-order valence-corrected chi connectivity index (χ1v) is 2.59. The van der Waals surface area contributed by atoms with Crippen LogP contribution in [0.2, 0.25) is 0 Å². The van der Waals surface area contributed by atoms with Crippen molar-refractivity contribution in [3.05, 3.63) is 5.21 Å². The van der Waals surface area contributed by atoms with E-state index in [9.17, 15) is 5.21 Å². The zero-order chi connectivity index (χ0) is 6.62. The summed E-state index contributed by atoms with van der Waals surface area (Å²) in [6.45, 7) is 1.06. The molecule has 0 aliphatic rings. The molecule has 0 saturated carbocycles. The molecule has 0 rings (SSSR count). The number of methoxy groups -OCH3 is 1. The molecule has 0 N–H and O–H groups in total. The highest BCUT2D eigenvalue weighted by Crippen LogP contribution is 1.89. The van der Waals surface area contributed by atoms with Gasteiger partial charge in [-0.2, -0.15) is 0 Å². The Balaban J connectivity index is 3.11. The van der Waals surface area contributed by atoms with E-state index in [0.29, 0.717) is 13.2 Å². The highest BCUT2D eigenvalue weighted by atomic mass is 16.5. The molecule has 0 aliphatic carbocycles. The number of nitrogens with zero attached hydrogens (tertiary/aromatic N) is 1. The van der Waals surface area contributed by atoms with Crippen LogP contribution in [0.25, 0.3) is 0 Å². The summed E-state index contributed by atoms with van der Waals surface area (Å²) in [5.74, 6) is 0. The molecule has 0 aromatic rings. The fraction of sp³-hybridized carbons (Fsp3) is 1.00. The maximum Gasteiger partial charge on any atom is 0.102 e. The molecule has 0 saturated heterocycles. The van der Waals surface area contributed by atoms with Gasteiger partial charge in [-0.1, -0.05) is 0 Å². The molecule has 0 aromatic carbocycles. The van der Waals surface area contributed by atoms with Crippen LogP contribution in [0.5, 0.6) is 0 Å². The maximum atomic E-state index is 10.7. The van der Waals surface area contributed by atoms with Crippen molar-refractivity contribution in [3.8, 4) is 0 Å². The summed E-state index contributed by atoms with van der Waals surface area (Å²) in [6, 6.07) is 0. The van der Waals surface area contributed by atoms with Crippen LogP contribution in [0.4, 0.5) is 0 Å². The minimum absolute atomic E-state index is 0.270. The highest BCUT2D eigenvalue weighted by Gasteiger charge is 1.97. The van der Waals surface area contributed by atoms with E-state index in [1.165, 1.54) is 0 Å². The highest BCUT2D eigenvalue weighted by molar-refractivity contribution is 4.28. The van der Waals surface area contributed by atoms with Gasteiger partial charge in [0.15, 0.2) is 0 Å². The summed E-state index contributed by atoms with van der Waals surface area (Å²) in [6.07, 6.45) is 0. The van der Waals surface area contributed by atoms with Crippen molar-refractivity contribution in [2.45, 2.75) is 0 Å². The smallest absolute Gasteiger partial charge is 0.102 e. The van der Waals surface area contributed by atoms with Gasteiger partial charge in [-0.05, 0) is 0 Å². The number of hydroxylamine groups is 3. The minimum Gasteiger partial charge on any atom is -0.633 e. The molecule has 0 amide bonds. The number of likely N-dealkylation sites (N-methyl/N-ethyl adjacent to an activating group) is 1. The van der Waals surface area contributed by atoms with Gasteiger partial charge in [0.05, 0.1) is 20.7 Å². The third-order valence-electron chi connectivity index (χ3n) is 0.834. The third kappa shape index (κ3) is 5.88. The lowest BCUT2D eigenvalue weighted by Crippen LogP contribution is -2.35. The van der Waals surface area contributed by atoms with Crippen molar-refractivity contribution in [3.63, 3.8) is 0 Å². The van der Waals surface area contributed by atoms with Gasteiger partial charge in [0, 0.05) is 7.11 Å². The number of ether oxygens (including phenoxy) is 1. The van der Waals surface area contributed by atoms with E-state index in [4.69, 9.17) is 4.74 Å². The fourth-order valence-electron chi connectivity index (χ4n) is 0.311. The van der Waals surface area contributed by atoms with Gasteiger partial charge in [-0.15, -0.1) is 0 Å². The van der Waals surface area contributed by atoms with Crippen LogP contribution in [0.3, 0.4) is 0 Å². The van der Waals surface area contributed by atoms with Gasteiger partial charge in [0.1, 0.15) is 6.54 Å². The van der Waals surface area contributed by atoms with Gasteiger partial charge in [-0.25, -0.2) is 0 Å². The Labute approximate surface area is 50.0 Å². The van der Waals surface area contributed by atoms with E-state index < -0.39 is 0 Å². The van der Waals surface area contributed by atoms with E-state index in [-0.39, 0.29) is 4.65 Å². The van der Waals surface area contributed by atoms with Gasteiger partial charge >= 0.3 is 0 Å². The Morgan fingerprint density at radius 2 is 2.00 bits per heavy atom. The average Bonchev–Trinajstić information content (AvgIpc) is 1.59. The van der Waals surface area contributed by atoms with E-state index in [1.54, 1.807) is 21.2 Å².